The van der Waals surface area contributed by atoms with E-state index in [9.17, 15) is 13.6 Å². The predicted molar refractivity (Wildman–Crippen MR) is 103 cm³/mol. The van der Waals surface area contributed by atoms with Gasteiger partial charge in [-0.2, -0.15) is 0 Å². The molecule has 3 rings (SSSR count). The molecule has 0 saturated carbocycles. The summed E-state index contributed by atoms with van der Waals surface area (Å²) >= 11 is 0. The van der Waals surface area contributed by atoms with Crippen molar-refractivity contribution in [1.82, 2.24) is 10.3 Å². The highest BCUT2D eigenvalue weighted by atomic mass is 19.1. The third-order valence-electron chi connectivity index (χ3n) is 3.97. The van der Waals surface area contributed by atoms with Crippen LogP contribution in [-0.2, 0) is 4.79 Å². The lowest BCUT2D eigenvalue weighted by Gasteiger charge is -2.14. The van der Waals surface area contributed by atoms with E-state index in [-0.39, 0.29) is 11.6 Å². The lowest BCUT2D eigenvalue weighted by atomic mass is 10.1. The summed E-state index contributed by atoms with van der Waals surface area (Å²) < 4.78 is 32.5. The Morgan fingerprint density at radius 2 is 1.86 bits per heavy atom. The minimum atomic E-state index is -0.598. The summed E-state index contributed by atoms with van der Waals surface area (Å²) in [6.07, 6.45) is 5.68. The predicted octanol–water partition coefficient (Wildman–Crippen LogP) is 5.04. The van der Waals surface area contributed by atoms with E-state index >= 15 is 0 Å². The lowest BCUT2D eigenvalue weighted by Crippen LogP contribution is -2.24. The fourth-order valence-corrected chi connectivity index (χ4v) is 2.54. The number of nitrogens with one attached hydrogen (secondary N) is 1. The summed E-state index contributed by atoms with van der Waals surface area (Å²) in [4.78, 5) is 16.1. The molecule has 2 aromatic carbocycles. The van der Waals surface area contributed by atoms with Gasteiger partial charge in [0.05, 0.1) is 6.04 Å². The van der Waals surface area contributed by atoms with Gasteiger partial charge < -0.3 is 10.1 Å². The second kappa shape index (κ2) is 8.90. The van der Waals surface area contributed by atoms with Crippen LogP contribution >= 0.6 is 0 Å². The average Bonchev–Trinajstić information content (AvgIpc) is 2.69. The number of halogens is 2. The van der Waals surface area contributed by atoms with Crippen LogP contribution in [0.15, 0.2) is 73.1 Å². The number of pyridine rings is 1. The molecule has 1 amide bonds. The number of hydrogen-bond donors (Lipinski definition) is 1. The molecule has 6 heteroatoms. The van der Waals surface area contributed by atoms with E-state index in [0.717, 1.165) is 23.8 Å². The molecule has 0 fully saturated rings. The minimum Gasteiger partial charge on any atom is -0.457 e. The van der Waals surface area contributed by atoms with Crippen molar-refractivity contribution in [2.75, 3.05) is 0 Å². The molecular formula is C22H18F2N2O2. The molecule has 1 atom stereocenters. The van der Waals surface area contributed by atoms with Crippen molar-refractivity contribution in [3.05, 3.63) is 95.8 Å². The van der Waals surface area contributed by atoms with Crippen molar-refractivity contribution in [3.63, 3.8) is 0 Å². The first kappa shape index (κ1) is 19.2. The molecule has 0 spiro atoms. The Bertz CT molecular complexity index is 991. The van der Waals surface area contributed by atoms with E-state index in [1.165, 1.54) is 12.2 Å². The van der Waals surface area contributed by atoms with Gasteiger partial charge >= 0.3 is 0 Å². The second-order valence-electron chi connectivity index (χ2n) is 6.09. The van der Waals surface area contributed by atoms with Gasteiger partial charge in [-0.3, -0.25) is 9.78 Å². The van der Waals surface area contributed by atoms with Crippen LogP contribution in [-0.4, -0.2) is 10.9 Å². The molecule has 3 aromatic rings. The molecule has 0 bridgehead atoms. The number of benzene rings is 2. The third kappa shape index (κ3) is 5.23. The fourth-order valence-electron chi connectivity index (χ4n) is 2.54. The van der Waals surface area contributed by atoms with Crippen LogP contribution in [0, 0.1) is 11.6 Å². The molecule has 1 unspecified atom stereocenters. The van der Waals surface area contributed by atoms with Crippen molar-refractivity contribution < 1.29 is 18.3 Å². The van der Waals surface area contributed by atoms with Crippen LogP contribution in [0.4, 0.5) is 8.78 Å². The van der Waals surface area contributed by atoms with Gasteiger partial charge in [0.2, 0.25) is 5.91 Å². The van der Waals surface area contributed by atoms with E-state index in [0.29, 0.717) is 11.5 Å². The normalized spacial score (nSPS) is 12.0. The van der Waals surface area contributed by atoms with Crippen LogP contribution in [0.3, 0.4) is 0 Å². The summed E-state index contributed by atoms with van der Waals surface area (Å²) in [7, 11) is 0. The molecule has 0 saturated heterocycles. The van der Waals surface area contributed by atoms with Crippen molar-refractivity contribution in [2.45, 2.75) is 13.0 Å². The first-order chi connectivity index (χ1) is 13.5. The Morgan fingerprint density at radius 3 is 2.64 bits per heavy atom. The van der Waals surface area contributed by atoms with Gasteiger partial charge in [0.1, 0.15) is 23.1 Å². The largest absolute Gasteiger partial charge is 0.457 e. The highest BCUT2D eigenvalue weighted by Gasteiger charge is 2.09. The Kier molecular flexibility index (Phi) is 6.11. The molecular weight excluding hydrogens is 362 g/mol. The van der Waals surface area contributed by atoms with Crippen LogP contribution in [0.2, 0.25) is 0 Å². The van der Waals surface area contributed by atoms with Crippen molar-refractivity contribution in [1.29, 1.82) is 0 Å². The van der Waals surface area contributed by atoms with Gasteiger partial charge in [-0.05, 0) is 61.0 Å². The molecule has 1 N–H and O–H groups in total. The summed E-state index contributed by atoms with van der Waals surface area (Å²) in [6, 6.07) is 13.6. The first-order valence-electron chi connectivity index (χ1n) is 8.63. The van der Waals surface area contributed by atoms with Gasteiger partial charge in [-0.1, -0.05) is 12.1 Å². The topological polar surface area (TPSA) is 51.2 Å². The molecule has 1 heterocycles. The Hall–Kier alpha value is -3.54. The Morgan fingerprint density at radius 1 is 1.07 bits per heavy atom. The van der Waals surface area contributed by atoms with Crippen LogP contribution < -0.4 is 10.1 Å². The number of rotatable bonds is 6. The Balaban J connectivity index is 1.64. The quantitative estimate of drug-likeness (QED) is 0.610. The van der Waals surface area contributed by atoms with E-state index in [2.05, 4.69) is 10.3 Å². The van der Waals surface area contributed by atoms with Gasteiger partial charge in [0.15, 0.2) is 0 Å². The van der Waals surface area contributed by atoms with Gasteiger partial charge in [-0.15, -0.1) is 0 Å². The molecule has 0 aliphatic heterocycles. The van der Waals surface area contributed by atoms with Gasteiger partial charge in [0.25, 0.3) is 0 Å². The third-order valence-corrected chi connectivity index (χ3v) is 3.97. The van der Waals surface area contributed by atoms with E-state index in [4.69, 9.17) is 4.74 Å². The fraction of sp³-hybridized carbons (Fsp3) is 0.0909. The molecule has 0 aliphatic rings. The highest BCUT2D eigenvalue weighted by Crippen LogP contribution is 2.24. The van der Waals surface area contributed by atoms with Gasteiger partial charge in [0, 0.05) is 24.0 Å². The van der Waals surface area contributed by atoms with E-state index < -0.39 is 17.5 Å². The molecule has 28 heavy (non-hydrogen) atoms. The zero-order valence-corrected chi connectivity index (χ0v) is 15.1. The average molecular weight is 380 g/mol. The summed E-state index contributed by atoms with van der Waals surface area (Å²) in [6.45, 7) is 1.82. The minimum absolute atomic E-state index is 0.00977. The Labute approximate surface area is 161 Å². The van der Waals surface area contributed by atoms with Crippen LogP contribution in [0.25, 0.3) is 6.08 Å². The monoisotopic (exact) mass is 380 g/mol. The van der Waals surface area contributed by atoms with E-state index in [1.807, 2.05) is 31.2 Å². The maximum Gasteiger partial charge on any atom is 0.244 e. The molecule has 1 aromatic heterocycles. The summed E-state index contributed by atoms with van der Waals surface area (Å²) in [5.74, 6) is -0.303. The standard InChI is InChI=1S/C22H18F2N2O2/c1-15(26-22(27)8-5-17-13-18(23)6-7-21(17)24)16-3-2-4-20(14-16)28-19-9-11-25-12-10-19/h2-15H,1H3,(H,26,27)/b8-5+. The smallest absolute Gasteiger partial charge is 0.244 e. The molecule has 0 aliphatic carbocycles. The number of amides is 1. The maximum atomic E-state index is 13.6. The SMILES string of the molecule is CC(NC(=O)/C=C/c1cc(F)ccc1F)c1cccc(Oc2ccncc2)c1. The number of carbonyl (C=O) groups is 1. The number of aromatic nitrogens is 1. The molecule has 0 radical (unpaired) electrons. The lowest BCUT2D eigenvalue weighted by molar-refractivity contribution is -0.117. The van der Waals surface area contributed by atoms with Crippen molar-refractivity contribution in [2.24, 2.45) is 0 Å². The number of ether oxygens (including phenoxy) is 1. The number of carbonyl (C=O) groups excluding carboxylic acids is 1. The van der Waals surface area contributed by atoms with E-state index in [1.54, 1.807) is 24.5 Å². The highest BCUT2D eigenvalue weighted by molar-refractivity contribution is 5.92. The maximum absolute atomic E-state index is 13.6. The summed E-state index contributed by atoms with van der Waals surface area (Å²) in [5, 5.41) is 2.78. The molecule has 142 valence electrons. The zero-order valence-electron chi connectivity index (χ0n) is 15.1. The first-order valence-corrected chi connectivity index (χ1v) is 8.63. The molecule has 4 nitrogen and oxygen atoms in total. The van der Waals surface area contributed by atoms with Crippen LogP contribution in [0.5, 0.6) is 11.5 Å². The zero-order chi connectivity index (χ0) is 19.9. The number of nitrogens with zero attached hydrogens (tertiary/aromatic N) is 1. The van der Waals surface area contributed by atoms with Crippen molar-refractivity contribution in [3.8, 4) is 11.5 Å². The van der Waals surface area contributed by atoms with Crippen molar-refractivity contribution >= 4 is 12.0 Å². The number of hydrogen-bond acceptors (Lipinski definition) is 3. The second-order valence-corrected chi connectivity index (χ2v) is 6.09. The summed E-state index contributed by atoms with van der Waals surface area (Å²) in [5.41, 5.74) is 0.848. The van der Waals surface area contributed by atoms with Gasteiger partial charge in [-0.25, -0.2) is 8.78 Å². The van der Waals surface area contributed by atoms with Crippen LogP contribution in [0.1, 0.15) is 24.1 Å².